The van der Waals surface area contributed by atoms with Gasteiger partial charge < -0.3 is 9.15 Å². The number of methoxy groups -OCH3 is 1. The van der Waals surface area contributed by atoms with Gasteiger partial charge in [-0.15, -0.1) is 0 Å². The van der Waals surface area contributed by atoms with Crippen molar-refractivity contribution in [2.45, 2.75) is 6.92 Å². The minimum Gasteiger partial charge on any atom is -0.464 e. The van der Waals surface area contributed by atoms with Gasteiger partial charge in [0.15, 0.2) is 11.3 Å². The second-order valence-electron chi connectivity index (χ2n) is 4.46. The summed E-state index contributed by atoms with van der Waals surface area (Å²) in [5, 5.41) is 0. The summed E-state index contributed by atoms with van der Waals surface area (Å²) >= 11 is 3.48. The van der Waals surface area contributed by atoms with Gasteiger partial charge in [0.05, 0.1) is 13.3 Å². The summed E-state index contributed by atoms with van der Waals surface area (Å²) in [5.74, 6) is -0.00676. The van der Waals surface area contributed by atoms with Crippen LogP contribution in [0.4, 0.5) is 0 Å². The third kappa shape index (κ3) is 2.42. The van der Waals surface area contributed by atoms with Crippen LogP contribution in [-0.4, -0.2) is 23.0 Å². The number of fused-ring (bicyclic) bond motifs is 1. The fraction of sp³-hybridized carbons (Fsp3) is 0.133. The summed E-state index contributed by atoms with van der Waals surface area (Å²) in [6, 6.07) is 7.36. The maximum Gasteiger partial charge on any atom is 0.356 e. The summed E-state index contributed by atoms with van der Waals surface area (Å²) in [5.41, 5.74) is 3.22. The normalized spacial score (nSPS) is 10.8. The van der Waals surface area contributed by atoms with Gasteiger partial charge in [-0.1, -0.05) is 22.0 Å². The predicted molar refractivity (Wildman–Crippen MR) is 81.0 cm³/mol. The average molecular weight is 347 g/mol. The lowest BCUT2D eigenvalue weighted by Gasteiger charge is -2.02. The summed E-state index contributed by atoms with van der Waals surface area (Å²) < 4.78 is 11.3. The highest BCUT2D eigenvalue weighted by molar-refractivity contribution is 9.10. The van der Waals surface area contributed by atoms with Crippen LogP contribution in [0.15, 0.2) is 39.4 Å². The van der Waals surface area contributed by atoms with Gasteiger partial charge in [-0.2, -0.15) is 0 Å². The van der Waals surface area contributed by atoms with Gasteiger partial charge in [-0.3, -0.25) is 0 Å². The Morgan fingerprint density at radius 3 is 2.95 bits per heavy atom. The van der Waals surface area contributed by atoms with Crippen molar-refractivity contribution in [2.24, 2.45) is 0 Å². The SMILES string of the molecule is COC(=O)c1cc2nc(-c3cccc(Br)c3C)oc2cn1. The molecule has 0 atom stereocenters. The lowest BCUT2D eigenvalue weighted by Crippen LogP contribution is -2.03. The van der Waals surface area contributed by atoms with E-state index in [1.54, 1.807) is 6.07 Å². The molecule has 3 rings (SSSR count). The van der Waals surface area contributed by atoms with Crippen LogP contribution in [0.3, 0.4) is 0 Å². The van der Waals surface area contributed by atoms with Crippen LogP contribution in [0.25, 0.3) is 22.6 Å². The van der Waals surface area contributed by atoms with Crippen LogP contribution in [0.2, 0.25) is 0 Å². The molecule has 0 aliphatic rings. The molecule has 0 bridgehead atoms. The first-order chi connectivity index (χ1) is 10.1. The molecular weight excluding hydrogens is 336 g/mol. The van der Waals surface area contributed by atoms with Crippen LogP contribution in [0.1, 0.15) is 16.1 Å². The molecule has 0 unspecified atom stereocenters. The van der Waals surface area contributed by atoms with Crippen LogP contribution in [-0.2, 0) is 4.74 Å². The van der Waals surface area contributed by atoms with Crippen LogP contribution >= 0.6 is 15.9 Å². The van der Waals surface area contributed by atoms with Crippen molar-refractivity contribution >= 4 is 33.0 Å². The summed E-state index contributed by atoms with van der Waals surface area (Å²) in [7, 11) is 1.31. The average Bonchev–Trinajstić information content (AvgIpc) is 2.91. The van der Waals surface area contributed by atoms with Gasteiger partial charge in [0, 0.05) is 16.1 Å². The number of ether oxygens (including phenoxy) is 1. The van der Waals surface area contributed by atoms with E-state index >= 15 is 0 Å². The number of pyridine rings is 1. The van der Waals surface area contributed by atoms with E-state index in [4.69, 9.17) is 4.42 Å². The molecule has 0 aliphatic heterocycles. The van der Waals surface area contributed by atoms with E-state index in [0.717, 1.165) is 15.6 Å². The van der Waals surface area contributed by atoms with Crippen molar-refractivity contribution in [3.8, 4) is 11.5 Å². The molecule has 6 heteroatoms. The fourth-order valence-corrected chi connectivity index (χ4v) is 2.37. The first kappa shape index (κ1) is 13.8. The Kier molecular flexibility index (Phi) is 3.47. The van der Waals surface area contributed by atoms with Crippen LogP contribution in [0, 0.1) is 6.92 Å². The lowest BCUT2D eigenvalue weighted by molar-refractivity contribution is 0.0594. The summed E-state index contributed by atoms with van der Waals surface area (Å²) in [6.07, 6.45) is 1.48. The van der Waals surface area contributed by atoms with Crippen molar-refractivity contribution in [2.75, 3.05) is 7.11 Å². The molecule has 21 heavy (non-hydrogen) atoms. The predicted octanol–water partition coefficient (Wildman–Crippen LogP) is 3.75. The summed E-state index contributed by atoms with van der Waals surface area (Å²) in [6.45, 7) is 1.98. The largest absolute Gasteiger partial charge is 0.464 e. The van der Waals surface area contributed by atoms with Gasteiger partial charge in [0.2, 0.25) is 5.89 Å². The third-order valence-corrected chi connectivity index (χ3v) is 4.03. The zero-order valence-electron chi connectivity index (χ0n) is 11.4. The highest BCUT2D eigenvalue weighted by Crippen LogP contribution is 2.30. The molecule has 0 saturated carbocycles. The molecule has 0 aliphatic carbocycles. The topological polar surface area (TPSA) is 65.2 Å². The lowest BCUT2D eigenvalue weighted by atomic mass is 10.1. The number of oxazole rings is 1. The molecule has 0 spiro atoms. The first-order valence-electron chi connectivity index (χ1n) is 6.20. The number of rotatable bonds is 2. The second-order valence-corrected chi connectivity index (χ2v) is 5.31. The molecule has 3 aromatic rings. The maximum atomic E-state index is 11.5. The van der Waals surface area contributed by atoms with E-state index in [1.807, 2.05) is 25.1 Å². The molecule has 0 saturated heterocycles. The van der Waals surface area contributed by atoms with Crippen molar-refractivity contribution in [1.29, 1.82) is 0 Å². The van der Waals surface area contributed by atoms with E-state index < -0.39 is 5.97 Å². The van der Waals surface area contributed by atoms with Gasteiger partial charge in [-0.25, -0.2) is 14.8 Å². The Morgan fingerprint density at radius 2 is 2.19 bits per heavy atom. The van der Waals surface area contributed by atoms with E-state index in [2.05, 4.69) is 30.6 Å². The molecule has 2 heterocycles. The van der Waals surface area contributed by atoms with Crippen molar-refractivity contribution in [1.82, 2.24) is 9.97 Å². The molecule has 2 aromatic heterocycles. The zero-order valence-corrected chi connectivity index (χ0v) is 13.0. The Labute approximate surface area is 129 Å². The number of hydrogen-bond acceptors (Lipinski definition) is 5. The molecule has 0 radical (unpaired) electrons. The molecule has 5 nitrogen and oxygen atoms in total. The quantitative estimate of drug-likeness (QED) is 0.661. The Balaban J connectivity index is 2.13. The number of carbonyl (C=O) groups is 1. The standard InChI is InChI=1S/C15H11BrN2O3/c1-8-9(4-3-5-10(8)16)14-18-11-6-12(15(19)20-2)17-7-13(11)21-14/h3-7H,1-2H3. The Hall–Kier alpha value is -2.21. The number of esters is 1. The number of carbonyl (C=O) groups excluding carboxylic acids is 1. The molecule has 106 valence electrons. The number of nitrogens with zero attached hydrogens (tertiary/aromatic N) is 2. The smallest absolute Gasteiger partial charge is 0.356 e. The van der Waals surface area contributed by atoms with Crippen LogP contribution < -0.4 is 0 Å². The van der Waals surface area contributed by atoms with Crippen molar-refractivity contribution < 1.29 is 13.9 Å². The number of hydrogen-bond donors (Lipinski definition) is 0. The molecular formula is C15H11BrN2O3. The number of benzene rings is 1. The summed E-state index contributed by atoms with van der Waals surface area (Å²) in [4.78, 5) is 19.9. The fourth-order valence-electron chi connectivity index (χ4n) is 2.01. The zero-order chi connectivity index (χ0) is 15.0. The van der Waals surface area contributed by atoms with Gasteiger partial charge >= 0.3 is 5.97 Å². The monoisotopic (exact) mass is 346 g/mol. The van der Waals surface area contributed by atoms with Crippen molar-refractivity contribution in [3.63, 3.8) is 0 Å². The highest BCUT2D eigenvalue weighted by Gasteiger charge is 2.15. The van der Waals surface area contributed by atoms with Gasteiger partial charge in [0.25, 0.3) is 0 Å². The van der Waals surface area contributed by atoms with E-state index in [9.17, 15) is 4.79 Å². The van der Waals surface area contributed by atoms with Crippen molar-refractivity contribution in [3.05, 3.63) is 46.2 Å². The van der Waals surface area contributed by atoms with E-state index in [1.165, 1.54) is 13.3 Å². The molecule has 0 N–H and O–H groups in total. The molecule has 0 amide bonds. The number of halogens is 1. The Morgan fingerprint density at radius 1 is 1.38 bits per heavy atom. The Bertz CT molecular complexity index is 842. The number of aromatic nitrogens is 2. The van der Waals surface area contributed by atoms with E-state index in [-0.39, 0.29) is 5.69 Å². The minimum atomic E-state index is -0.500. The highest BCUT2D eigenvalue weighted by atomic mass is 79.9. The van der Waals surface area contributed by atoms with Gasteiger partial charge in [-0.05, 0) is 24.6 Å². The minimum absolute atomic E-state index is 0.204. The molecule has 0 fully saturated rings. The van der Waals surface area contributed by atoms with E-state index in [0.29, 0.717) is 17.0 Å². The molecule has 1 aromatic carbocycles. The van der Waals surface area contributed by atoms with Crippen LogP contribution in [0.5, 0.6) is 0 Å². The van der Waals surface area contributed by atoms with Gasteiger partial charge in [0.1, 0.15) is 5.52 Å². The maximum absolute atomic E-state index is 11.5. The third-order valence-electron chi connectivity index (χ3n) is 3.17. The second kappa shape index (κ2) is 5.29. The first-order valence-corrected chi connectivity index (χ1v) is 7.00.